The summed E-state index contributed by atoms with van der Waals surface area (Å²) in [7, 11) is 4.33. The Hall–Kier alpha value is 1.32. The third kappa shape index (κ3) is 8.94. The van der Waals surface area contributed by atoms with Crippen molar-refractivity contribution in [2.75, 3.05) is 32.8 Å². The van der Waals surface area contributed by atoms with Crippen LogP contribution in [0.15, 0.2) is 0 Å². The molecule has 0 aliphatic heterocycles. The second-order valence-electron chi connectivity index (χ2n) is 2.77. The second kappa shape index (κ2) is 11.2. The van der Waals surface area contributed by atoms with Crippen molar-refractivity contribution in [1.29, 1.82) is 0 Å². The zero-order valence-corrected chi connectivity index (χ0v) is 15.4. The summed E-state index contributed by atoms with van der Waals surface area (Å²) >= 11 is 2.65. The van der Waals surface area contributed by atoms with Crippen molar-refractivity contribution in [3.8, 4) is 0 Å². The van der Waals surface area contributed by atoms with Gasteiger partial charge in [0, 0.05) is 32.8 Å². The van der Waals surface area contributed by atoms with Crippen molar-refractivity contribution in [2.24, 2.45) is 0 Å². The Morgan fingerprint density at radius 2 is 1.94 bits per heavy atom. The maximum absolute atomic E-state index is 11.6. The second-order valence-corrected chi connectivity index (χ2v) is 8.63. The average Bonchev–Trinajstić information content (AvgIpc) is 2.32. The Bertz CT molecular complexity index is 267. The van der Waals surface area contributed by atoms with E-state index in [1.54, 1.807) is 7.05 Å². The summed E-state index contributed by atoms with van der Waals surface area (Å²) in [5, 5.41) is 2.47. The van der Waals surface area contributed by atoms with Crippen LogP contribution in [0.2, 0.25) is 0 Å². The molecule has 5 nitrogen and oxygen atoms in total. The van der Waals surface area contributed by atoms with Crippen molar-refractivity contribution in [1.82, 2.24) is 5.32 Å². The first kappa shape index (κ1) is 20.6. The van der Waals surface area contributed by atoms with E-state index in [9.17, 15) is 9.36 Å². The minimum Gasteiger partial charge on any atom is -1.00 e. The zero-order chi connectivity index (χ0) is 12.6. The van der Waals surface area contributed by atoms with E-state index < -0.39 is 6.80 Å². The number of carbonyl (C=O) groups is 1. The SMILES string of the molecule is CNC(=O)C(C)SCCSP(=O)(OC)OC.[H-].[Na+]. The maximum atomic E-state index is 11.6. The minimum atomic E-state index is -2.97. The molecule has 98 valence electrons. The fourth-order valence-electron chi connectivity index (χ4n) is 0.833. The summed E-state index contributed by atoms with van der Waals surface area (Å²) in [6, 6.07) is 0. The molecule has 0 aromatic carbocycles. The Morgan fingerprint density at radius 3 is 2.35 bits per heavy atom. The molecular formula is C8H19NNaO4PS2. The summed E-state index contributed by atoms with van der Waals surface area (Å²) in [6.45, 7) is -1.14. The molecule has 0 saturated heterocycles. The van der Waals surface area contributed by atoms with Crippen molar-refractivity contribution < 1.29 is 49.4 Å². The van der Waals surface area contributed by atoms with Crippen LogP contribution in [-0.2, 0) is 18.4 Å². The molecule has 0 heterocycles. The molecule has 0 spiro atoms. The van der Waals surface area contributed by atoms with Gasteiger partial charge in [0.2, 0.25) is 5.91 Å². The fourth-order valence-corrected chi connectivity index (χ4v) is 4.70. The Balaban J connectivity index is -0.00000112. The Morgan fingerprint density at radius 1 is 1.41 bits per heavy atom. The maximum Gasteiger partial charge on any atom is 1.00 e. The fraction of sp³-hybridized carbons (Fsp3) is 0.875. The van der Waals surface area contributed by atoms with Gasteiger partial charge in [-0.15, -0.1) is 11.8 Å². The van der Waals surface area contributed by atoms with Crippen LogP contribution < -0.4 is 34.9 Å². The molecule has 0 bridgehead atoms. The van der Waals surface area contributed by atoms with Gasteiger partial charge in [0.25, 0.3) is 0 Å². The van der Waals surface area contributed by atoms with E-state index in [0.29, 0.717) is 5.75 Å². The molecule has 0 aliphatic carbocycles. The number of amides is 1. The van der Waals surface area contributed by atoms with Gasteiger partial charge in [-0.1, -0.05) is 0 Å². The van der Waals surface area contributed by atoms with E-state index in [4.69, 9.17) is 9.05 Å². The van der Waals surface area contributed by atoms with E-state index >= 15 is 0 Å². The monoisotopic (exact) mass is 311 g/mol. The predicted octanol–water partition coefficient (Wildman–Crippen LogP) is -0.895. The van der Waals surface area contributed by atoms with E-state index in [-0.39, 0.29) is 42.1 Å². The van der Waals surface area contributed by atoms with Crippen molar-refractivity contribution in [3.63, 3.8) is 0 Å². The van der Waals surface area contributed by atoms with Gasteiger partial charge < -0.3 is 15.8 Å². The summed E-state index contributed by atoms with van der Waals surface area (Å²) in [5.74, 6) is 1.33. The largest absolute Gasteiger partial charge is 1.00 e. The topological polar surface area (TPSA) is 64.6 Å². The molecule has 0 aromatic rings. The van der Waals surface area contributed by atoms with Gasteiger partial charge in [-0.25, -0.2) is 4.57 Å². The third-order valence-electron chi connectivity index (χ3n) is 1.76. The third-order valence-corrected chi connectivity index (χ3v) is 7.16. The van der Waals surface area contributed by atoms with Crippen molar-refractivity contribution >= 4 is 35.8 Å². The number of thioether (sulfide) groups is 1. The van der Waals surface area contributed by atoms with Crippen LogP contribution >= 0.6 is 29.9 Å². The van der Waals surface area contributed by atoms with Crippen LogP contribution in [0.3, 0.4) is 0 Å². The van der Waals surface area contributed by atoms with Gasteiger partial charge in [0.05, 0.1) is 5.25 Å². The standard InChI is InChI=1S/C8H18NO4PS2.Na.H/c1-7(8(10)9-2)15-5-6-16-14(11,12-3)13-4;;/h7H,5-6H2,1-4H3,(H,9,10);;/q;+1;-1. The first-order valence-electron chi connectivity index (χ1n) is 4.68. The Labute approximate surface area is 135 Å². The van der Waals surface area contributed by atoms with Crippen LogP contribution in [0.1, 0.15) is 8.35 Å². The molecule has 0 aromatic heterocycles. The molecule has 1 unspecified atom stereocenters. The van der Waals surface area contributed by atoms with Gasteiger partial charge in [0.1, 0.15) is 0 Å². The van der Waals surface area contributed by atoms with E-state index in [0.717, 1.165) is 17.1 Å². The molecule has 0 aliphatic rings. The van der Waals surface area contributed by atoms with E-state index in [1.807, 2.05) is 6.92 Å². The summed E-state index contributed by atoms with van der Waals surface area (Å²) in [6.07, 6.45) is 0. The quantitative estimate of drug-likeness (QED) is 0.356. The molecule has 1 atom stereocenters. The summed E-state index contributed by atoms with van der Waals surface area (Å²) < 4.78 is 21.2. The van der Waals surface area contributed by atoms with Crippen molar-refractivity contribution in [3.05, 3.63) is 0 Å². The van der Waals surface area contributed by atoms with Gasteiger partial charge in [-0.3, -0.25) is 4.79 Å². The van der Waals surface area contributed by atoms with Crippen LogP contribution in [0, 0.1) is 0 Å². The van der Waals surface area contributed by atoms with Gasteiger partial charge in [-0.05, 0) is 18.3 Å². The number of rotatable bonds is 8. The molecule has 0 fully saturated rings. The van der Waals surface area contributed by atoms with Crippen LogP contribution in [0.4, 0.5) is 0 Å². The molecule has 17 heavy (non-hydrogen) atoms. The smallest absolute Gasteiger partial charge is 1.00 e. The minimum absolute atomic E-state index is 0. The molecule has 1 amide bonds. The molecule has 0 radical (unpaired) electrons. The summed E-state index contributed by atoms with van der Waals surface area (Å²) in [5.41, 5.74) is 0. The predicted molar refractivity (Wildman–Crippen MR) is 71.2 cm³/mol. The molecule has 0 rings (SSSR count). The van der Waals surface area contributed by atoms with Gasteiger partial charge >= 0.3 is 36.4 Å². The molecule has 0 saturated carbocycles. The first-order valence-corrected chi connectivity index (χ1v) is 8.86. The summed E-state index contributed by atoms with van der Waals surface area (Å²) in [4.78, 5) is 11.2. The Kier molecular flexibility index (Phi) is 13.6. The first-order chi connectivity index (χ1) is 7.49. The van der Waals surface area contributed by atoms with Gasteiger partial charge in [0.15, 0.2) is 0 Å². The van der Waals surface area contributed by atoms with Gasteiger partial charge in [-0.2, -0.15) is 0 Å². The number of nitrogens with one attached hydrogen (secondary N) is 1. The van der Waals surface area contributed by atoms with Crippen LogP contribution in [0.25, 0.3) is 0 Å². The normalized spacial score (nSPS) is 12.7. The molecule has 1 N–H and O–H groups in total. The van der Waals surface area contributed by atoms with E-state index in [2.05, 4.69) is 5.32 Å². The van der Waals surface area contributed by atoms with Crippen molar-refractivity contribution in [2.45, 2.75) is 12.2 Å². The number of carbonyl (C=O) groups excluding carboxylic acids is 1. The van der Waals surface area contributed by atoms with E-state index in [1.165, 1.54) is 26.0 Å². The van der Waals surface area contributed by atoms with Crippen LogP contribution in [-0.4, -0.2) is 43.9 Å². The van der Waals surface area contributed by atoms with Crippen LogP contribution in [0.5, 0.6) is 0 Å². The number of hydrogen-bond donors (Lipinski definition) is 1. The molecule has 9 heteroatoms. The average molecular weight is 311 g/mol. The molecular weight excluding hydrogens is 292 g/mol. The number of hydrogen-bond acceptors (Lipinski definition) is 6. The zero-order valence-electron chi connectivity index (χ0n) is 11.9.